The van der Waals surface area contributed by atoms with E-state index in [4.69, 9.17) is 4.74 Å². The monoisotopic (exact) mass is 180 g/mol. The summed E-state index contributed by atoms with van der Waals surface area (Å²) >= 11 is 0. The van der Waals surface area contributed by atoms with E-state index >= 15 is 0 Å². The molecule has 2 atom stereocenters. The van der Waals surface area contributed by atoms with Crippen molar-refractivity contribution in [3.63, 3.8) is 0 Å². The summed E-state index contributed by atoms with van der Waals surface area (Å²) in [6.07, 6.45) is 3.15. The predicted molar refractivity (Wildman–Crippen MR) is 45.1 cm³/mol. The number of nitrogens with one attached hydrogen (secondary N) is 1. The van der Waals surface area contributed by atoms with Crippen molar-refractivity contribution in [2.75, 3.05) is 13.1 Å². The molecule has 5 heteroatoms. The lowest BCUT2D eigenvalue weighted by Crippen LogP contribution is -2.46. The first-order valence-electron chi connectivity index (χ1n) is 4.66. The zero-order chi connectivity index (χ0) is 8.67. The van der Waals surface area contributed by atoms with Gasteiger partial charge in [0.25, 0.3) is 0 Å². The van der Waals surface area contributed by atoms with Crippen LogP contribution in [0, 0.1) is 0 Å². The molecular weight excluding hydrogens is 168 g/mol. The number of piperidine rings is 1. The Bertz CT molecular complexity index is 311. The minimum absolute atomic E-state index is 0.281. The molecule has 1 fully saturated rings. The van der Waals surface area contributed by atoms with Gasteiger partial charge in [0.15, 0.2) is 0 Å². The number of hydrogen-bond acceptors (Lipinski definition) is 4. The third kappa shape index (κ3) is 1.08. The maximum absolute atomic E-state index is 5.70. The van der Waals surface area contributed by atoms with E-state index in [1.165, 1.54) is 0 Å². The Kier molecular flexibility index (Phi) is 1.60. The summed E-state index contributed by atoms with van der Waals surface area (Å²) in [5.41, 5.74) is 1.10. The van der Waals surface area contributed by atoms with E-state index in [-0.39, 0.29) is 6.10 Å². The molecule has 2 aliphatic rings. The fourth-order valence-electron chi connectivity index (χ4n) is 2.11. The molecule has 0 spiro atoms. The number of nitrogens with zero attached hydrogens (tertiary/aromatic N) is 3. The van der Waals surface area contributed by atoms with Crippen molar-refractivity contribution in [3.8, 4) is 0 Å². The van der Waals surface area contributed by atoms with Crippen molar-refractivity contribution in [2.45, 2.75) is 25.2 Å². The molecule has 1 N–H and O–H groups in total. The van der Waals surface area contributed by atoms with E-state index in [0.717, 1.165) is 25.2 Å². The second kappa shape index (κ2) is 2.78. The number of aromatic nitrogens is 3. The summed E-state index contributed by atoms with van der Waals surface area (Å²) in [6, 6.07) is 0.396. The zero-order valence-electron chi connectivity index (χ0n) is 7.31. The van der Waals surface area contributed by atoms with E-state index in [9.17, 15) is 0 Å². The molecule has 0 aromatic carbocycles. The van der Waals surface area contributed by atoms with Gasteiger partial charge in [0.2, 0.25) is 0 Å². The highest BCUT2D eigenvalue weighted by Crippen LogP contribution is 2.27. The smallest absolute Gasteiger partial charge is 0.0929 e. The number of fused-ring (bicyclic) bond motifs is 3. The van der Waals surface area contributed by atoms with Crippen LogP contribution < -0.4 is 5.32 Å². The average Bonchev–Trinajstić information content (AvgIpc) is 2.65. The van der Waals surface area contributed by atoms with Gasteiger partial charge in [-0.2, -0.15) is 0 Å². The summed E-state index contributed by atoms with van der Waals surface area (Å²) in [5.74, 6) is 0. The quantitative estimate of drug-likeness (QED) is 0.596. The standard InChI is InChI=1S/C8H12N4O/c1-2-9-4-8-7(1)12-6(5-13-8)3-10-11-12/h3,7-9H,1-2,4-5H2. The van der Waals surface area contributed by atoms with Crippen molar-refractivity contribution in [1.29, 1.82) is 0 Å². The number of ether oxygens (including phenoxy) is 1. The van der Waals surface area contributed by atoms with Crippen LogP contribution in [-0.4, -0.2) is 34.2 Å². The maximum Gasteiger partial charge on any atom is 0.0929 e. The normalized spacial score (nSPS) is 32.3. The van der Waals surface area contributed by atoms with Crippen LogP contribution in [0.15, 0.2) is 6.20 Å². The van der Waals surface area contributed by atoms with Crippen LogP contribution in [-0.2, 0) is 11.3 Å². The molecular formula is C8H12N4O. The van der Waals surface area contributed by atoms with E-state index < -0.39 is 0 Å². The minimum Gasteiger partial charge on any atom is -0.368 e. The summed E-state index contributed by atoms with van der Waals surface area (Å²) in [4.78, 5) is 0. The summed E-state index contributed by atoms with van der Waals surface area (Å²) in [6.45, 7) is 2.63. The average molecular weight is 180 g/mol. The summed E-state index contributed by atoms with van der Waals surface area (Å²) in [7, 11) is 0. The lowest BCUT2D eigenvalue weighted by molar-refractivity contribution is -0.0393. The fraction of sp³-hybridized carbons (Fsp3) is 0.750. The van der Waals surface area contributed by atoms with E-state index in [0.29, 0.717) is 12.6 Å². The van der Waals surface area contributed by atoms with Crippen LogP contribution in [0.25, 0.3) is 0 Å². The predicted octanol–water partition coefficient (Wildman–Crippen LogP) is -0.289. The van der Waals surface area contributed by atoms with E-state index in [2.05, 4.69) is 15.6 Å². The van der Waals surface area contributed by atoms with Gasteiger partial charge in [0.1, 0.15) is 0 Å². The Hall–Kier alpha value is -0.940. The third-order valence-electron chi connectivity index (χ3n) is 2.80. The van der Waals surface area contributed by atoms with Crippen LogP contribution in [0.2, 0.25) is 0 Å². The highest BCUT2D eigenvalue weighted by Gasteiger charge is 2.32. The van der Waals surface area contributed by atoms with Gasteiger partial charge in [-0.1, -0.05) is 5.21 Å². The second-order valence-corrected chi connectivity index (χ2v) is 3.58. The molecule has 1 aromatic rings. The SMILES string of the molecule is c1nnn2c1COC1CNCCC12. The van der Waals surface area contributed by atoms with Crippen molar-refractivity contribution < 1.29 is 4.74 Å². The van der Waals surface area contributed by atoms with Crippen molar-refractivity contribution >= 4 is 0 Å². The minimum atomic E-state index is 0.281. The van der Waals surface area contributed by atoms with Crippen LogP contribution in [0.5, 0.6) is 0 Å². The van der Waals surface area contributed by atoms with Gasteiger partial charge in [0, 0.05) is 6.54 Å². The Morgan fingerprint density at radius 2 is 2.62 bits per heavy atom. The van der Waals surface area contributed by atoms with Gasteiger partial charge in [-0.05, 0) is 13.0 Å². The van der Waals surface area contributed by atoms with Crippen LogP contribution in [0.3, 0.4) is 0 Å². The molecule has 70 valence electrons. The molecule has 1 saturated heterocycles. The van der Waals surface area contributed by atoms with Crippen molar-refractivity contribution in [3.05, 3.63) is 11.9 Å². The largest absolute Gasteiger partial charge is 0.368 e. The molecule has 2 unspecified atom stereocenters. The molecule has 3 heterocycles. The Balaban J connectivity index is 1.97. The summed E-state index contributed by atoms with van der Waals surface area (Å²) < 4.78 is 7.73. The van der Waals surface area contributed by atoms with Crippen molar-refractivity contribution in [2.24, 2.45) is 0 Å². The highest BCUT2D eigenvalue weighted by molar-refractivity contribution is 5.00. The van der Waals surface area contributed by atoms with Gasteiger partial charge < -0.3 is 10.1 Å². The molecule has 13 heavy (non-hydrogen) atoms. The van der Waals surface area contributed by atoms with Gasteiger partial charge in [0.05, 0.1) is 30.6 Å². The van der Waals surface area contributed by atoms with E-state index in [1.54, 1.807) is 6.20 Å². The lowest BCUT2D eigenvalue weighted by Gasteiger charge is -2.36. The second-order valence-electron chi connectivity index (χ2n) is 3.58. The highest BCUT2D eigenvalue weighted by atomic mass is 16.5. The van der Waals surface area contributed by atoms with Gasteiger partial charge in [-0.3, -0.25) is 0 Å². The molecule has 0 bridgehead atoms. The summed E-state index contributed by atoms with van der Waals surface area (Å²) in [5, 5.41) is 11.3. The van der Waals surface area contributed by atoms with Crippen LogP contribution >= 0.6 is 0 Å². The van der Waals surface area contributed by atoms with Crippen LogP contribution in [0.4, 0.5) is 0 Å². The third-order valence-corrected chi connectivity index (χ3v) is 2.80. The molecule has 0 radical (unpaired) electrons. The Morgan fingerprint density at radius 3 is 3.62 bits per heavy atom. The first-order chi connectivity index (χ1) is 6.45. The zero-order valence-corrected chi connectivity index (χ0v) is 7.31. The number of rotatable bonds is 0. The first-order valence-corrected chi connectivity index (χ1v) is 4.66. The molecule has 0 saturated carbocycles. The molecule has 0 aliphatic carbocycles. The molecule has 5 nitrogen and oxygen atoms in total. The fourth-order valence-corrected chi connectivity index (χ4v) is 2.11. The maximum atomic E-state index is 5.70. The van der Waals surface area contributed by atoms with Gasteiger partial charge in [-0.25, -0.2) is 4.68 Å². The van der Waals surface area contributed by atoms with Crippen molar-refractivity contribution in [1.82, 2.24) is 20.3 Å². The van der Waals surface area contributed by atoms with Crippen LogP contribution in [0.1, 0.15) is 18.2 Å². The van der Waals surface area contributed by atoms with E-state index in [1.807, 2.05) is 4.68 Å². The topological polar surface area (TPSA) is 52.0 Å². The lowest BCUT2D eigenvalue weighted by atomic mass is 10.0. The Morgan fingerprint density at radius 1 is 1.62 bits per heavy atom. The molecule has 1 aromatic heterocycles. The van der Waals surface area contributed by atoms with Gasteiger partial charge >= 0.3 is 0 Å². The number of hydrogen-bond donors (Lipinski definition) is 1. The first kappa shape index (κ1) is 7.46. The Labute approximate surface area is 76.1 Å². The molecule has 2 aliphatic heterocycles. The molecule has 0 amide bonds. The van der Waals surface area contributed by atoms with Gasteiger partial charge in [-0.15, -0.1) is 5.10 Å². The molecule has 3 rings (SSSR count).